The predicted octanol–water partition coefficient (Wildman–Crippen LogP) is -0.998. The van der Waals surface area contributed by atoms with Gasteiger partial charge in [-0.25, -0.2) is 4.79 Å². The van der Waals surface area contributed by atoms with Gasteiger partial charge in [0.25, 0.3) is 0 Å². The van der Waals surface area contributed by atoms with Crippen molar-refractivity contribution >= 4 is 6.03 Å². The molecular weight excluding hydrogens is 290 g/mol. The van der Waals surface area contributed by atoms with E-state index in [-0.39, 0.29) is 6.10 Å². The van der Waals surface area contributed by atoms with Crippen LogP contribution in [-0.4, -0.2) is 72.0 Å². The summed E-state index contributed by atoms with van der Waals surface area (Å²) in [6.07, 6.45) is 1.04. The minimum absolute atomic E-state index is 0.139. The fourth-order valence-corrected chi connectivity index (χ4v) is 2.65. The van der Waals surface area contributed by atoms with Crippen molar-refractivity contribution in [2.75, 3.05) is 20.6 Å². The zero-order valence-corrected chi connectivity index (χ0v) is 13.4. The highest BCUT2D eigenvalue weighted by atomic mass is 16.7. The monoisotopic (exact) mass is 314 g/mol. The Morgan fingerprint density at radius 3 is 2.82 bits per heavy atom. The summed E-state index contributed by atoms with van der Waals surface area (Å²) < 4.78 is 11.4. The van der Waals surface area contributed by atoms with E-state index in [4.69, 9.17) is 9.47 Å². The lowest BCUT2D eigenvalue weighted by atomic mass is 10.1. The first-order valence-electron chi connectivity index (χ1n) is 7.29. The molecule has 126 valence electrons. The Balaban J connectivity index is 2.14. The summed E-state index contributed by atoms with van der Waals surface area (Å²) in [6, 6.07) is -0.484. The van der Waals surface area contributed by atoms with E-state index in [2.05, 4.69) is 5.32 Å². The molecule has 2 aliphatic rings. The Morgan fingerprint density at radius 2 is 2.27 bits per heavy atom. The zero-order chi connectivity index (χ0) is 16.5. The largest absolute Gasteiger partial charge is 0.829 e. The van der Waals surface area contributed by atoms with Crippen molar-refractivity contribution in [3.8, 4) is 0 Å². The first-order valence-corrected chi connectivity index (χ1v) is 7.29. The number of carbonyl (C=O) groups excluding carboxylic acids is 1. The number of carbonyl (C=O) groups is 1. The molecule has 2 amide bonds. The molecule has 0 aromatic carbocycles. The highest BCUT2D eigenvalue weighted by molar-refractivity contribution is 5.77. The number of rotatable bonds is 5. The van der Waals surface area contributed by atoms with Crippen LogP contribution in [0.5, 0.6) is 0 Å². The van der Waals surface area contributed by atoms with Crippen LogP contribution in [0.4, 0.5) is 4.79 Å². The average molecular weight is 314 g/mol. The predicted molar refractivity (Wildman–Crippen MR) is 76.3 cm³/mol. The van der Waals surface area contributed by atoms with E-state index in [1.807, 2.05) is 19.0 Å². The molecule has 2 rings (SSSR count). The van der Waals surface area contributed by atoms with Crippen molar-refractivity contribution < 1.29 is 24.5 Å². The molecule has 1 saturated heterocycles. The molecule has 1 fully saturated rings. The number of aliphatic hydroxyl groups is 1. The summed E-state index contributed by atoms with van der Waals surface area (Å²) >= 11 is 0. The van der Waals surface area contributed by atoms with Crippen molar-refractivity contribution in [1.29, 1.82) is 0 Å². The molecule has 0 spiro atoms. The van der Waals surface area contributed by atoms with Gasteiger partial charge in [-0.1, -0.05) is 13.8 Å². The number of amides is 2. The number of urea groups is 1. The van der Waals surface area contributed by atoms with Gasteiger partial charge in [0, 0.05) is 19.2 Å². The summed E-state index contributed by atoms with van der Waals surface area (Å²) in [5.41, 5.74) is 0. The maximum atomic E-state index is 12.0. The molecule has 2 N–H and O–H groups in total. The maximum absolute atomic E-state index is 12.0. The van der Waals surface area contributed by atoms with Gasteiger partial charge in [-0.2, -0.15) is 0 Å². The fourth-order valence-electron chi connectivity index (χ4n) is 2.65. The second kappa shape index (κ2) is 6.51. The summed E-state index contributed by atoms with van der Waals surface area (Å²) in [4.78, 5) is 15.3. The lowest BCUT2D eigenvalue weighted by Crippen LogP contribution is -2.54. The minimum atomic E-state index is -1.57. The Morgan fingerprint density at radius 1 is 1.59 bits per heavy atom. The van der Waals surface area contributed by atoms with Gasteiger partial charge in [-0.05, 0) is 26.0 Å². The van der Waals surface area contributed by atoms with Crippen molar-refractivity contribution in [2.24, 2.45) is 0 Å². The van der Waals surface area contributed by atoms with E-state index in [1.165, 1.54) is 31.0 Å². The molecular formula is C14H24N3O5-. The number of hydrogen-bond donors (Lipinski definition) is 2. The SMILES string of the molecule is CN(C)C[C@@H]1C[C@@H](OC(C)(C)[O-])[C@H](N2C=CC(O)NC2=O)O1. The normalized spacial score (nSPS) is 32.7. The maximum Gasteiger partial charge on any atom is 0.325 e. The summed E-state index contributed by atoms with van der Waals surface area (Å²) in [5.74, 6) is -1.57. The molecule has 0 aromatic rings. The summed E-state index contributed by atoms with van der Waals surface area (Å²) in [5, 5.41) is 23.7. The highest BCUT2D eigenvalue weighted by Gasteiger charge is 2.42. The van der Waals surface area contributed by atoms with Crippen LogP contribution in [0.3, 0.4) is 0 Å². The average Bonchev–Trinajstić information content (AvgIpc) is 2.68. The van der Waals surface area contributed by atoms with Gasteiger partial charge < -0.3 is 29.9 Å². The number of hydrogen-bond acceptors (Lipinski definition) is 6. The molecule has 4 atom stereocenters. The quantitative estimate of drug-likeness (QED) is 0.632. The Labute approximate surface area is 130 Å². The van der Waals surface area contributed by atoms with Gasteiger partial charge >= 0.3 is 6.03 Å². The molecule has 0 aromatic heterocycles. The van der Waals surface area contributed by atoms with Gasteiger partial charge in [-0.3, -0.25) is 4.90 Å². The lowest BCUT2D eigenvalue weighted by Gasteiger charge is -2.39. The third kappa shape index (κ3) is 4.40. The smallest absolute Gasteiger partial charge is 0.325 e. The van der Waals surface area contributed by atoms with E-state index < -0.39 is 30.4 Å². The van der Waals surface area contributed by atoms with E-state index in [9.17, 15) is 15.0 Å². The van der Waals surface area contributed by atoms with Crippen LogP contribution in [0.25, 0.3) is 0 Å². The van der Waals surface area contributed by atoms with Crippen molar-refractivity contribution in [3.63, 3.8) is 0 Å². The van der Waals surface area contributed by atoms with Crippen LogP contribution >= 0.6 is 0 Å². The second-order valence-electron chi connectivity index (χ2n) is 6.35. The second-order valence-corrected chi connectivity index (χ2v) is 6.35. The number of nitrogens with one attached hydrogen (secondary N) is 1. The molecule has 1 unspecified atom stereocenters. The highest BCUT2D eigenvalue weighted by Crippen LogP contribution is 2.29. The van der Waals surface area contributed by atoms with Gasteiger partial charge in [0.05, 0.1) is 6.10 Å². The van der Waals surface area contributed by atoms with Gasteiger partial charge in [0.15, 0.2) is 6.23 Å². The first-order chi connectivity index (χ1) is 10.2. The molecule has 0 aliphatic carbocycles. The van der Waals surface area contributed by atoms with E-state index >= 15 is 0 Å². The van der Waals surface area contributed by atoms with E-state index in [0.717, 1.165) is 0 Å². The van der Waals surface area contributed by atoms with Crippen LogP contribution in [0.15, 0.2) is 12.3 Å². The standard InChI is InChI=1S/C14H24N3O5/c1-14(2,20)22-10-7-9(8-16(3)4)21-12(10)17-6-5-11(18)15-13(17)19/h5-6,9-12,18H,7-8H2,1-4H3,(H,15,19)/q-1/t9-,10+,11?,12+/m0/s1. The van der Waals surface area contributed by atoms with Crippen LogP contribution in [0, 0.1) is 0 Å². The Kier molecular flexibility index (Phi) is 5.08. The zero-order valence-electron chi connectivity index (χ0n) is 13.4. The van der Waals surface area contributed by atoms with Gasteiger partial charge in [0.2, 0.25) is 0 Å². The summed E-state index contributed by atoms with van der Waals surface area (Å²) in [6.45, 7) is 3.52. The Hall–Kier alpha value is -1.19. The molecule has 2 heterocycles. The van der Waals surface area contributed by atoms with E-state index in [1.54, 1.807) is 0 Å². The molecule has 8 nitrogen and oxygen atoms in total. The third-order valence-electron chi connectivity index (χ3n) is 3.36. The van der Waals surface area contributed by atoms with Crippen LogP contribution in [0.1, 0.15) is 20.3 Å². The molecule has 8 heteroatoms. The summed E-state index contributed by atoms with van der Waals surface area (Å²) in [7, 11) is 3.85. The van der Waals surface area contributed by atoms with E-state index in [0.29, 0.717) is 13.0 Å². The van der Waals surface area contributed by atoms with Gasteiger partial charge in [0.1, 0.15) is 12.3 Å². The van der Waals surface area contributed by atoms with Gasteiger partial charge in [-0.15, -0.1) is 0 Å². The number of ether oxygens (including phenoxy) is 2. The Bertz CT molecular complexity index is 435. The van der Waals surface area contributed by atoms with Crippen molar-refractivity contribution in [1.82, 2.24) is 15.1 Å². The number of nitrogens with zero attached hydrogens (tertiary/aromatic N) is 2. The first kappa shape index (κ1) is 17.2. The molecule has 22 heavy (non-hydrogen) atoms. The van der Waals surface area contributed by atoms with Crippen molar-refractivity contribution in [3.05, 3.63) is 12.3 Å². The van der Waals surface area contributed by atoms with Crippen LogP contribution in [0.2, 0.25) is 0 Å². The minimum Gasteiger partial charge on any atom is -0.829 e. The number of likely N-dealkylation sites (N-methyl/N-ethyl adjacent to an activating group) is 1. The van der Waals surface area contributed by atoms with Crippen molar-refractivity contribution in [2.45, 2.75) is 50.7 Å². The molecule has 0 bridgehead atoms. The third-order valence-corrected chi connectivity index (χ3v) is 3.36. The van der Waals surface area contributed by atoms with Crippen LogP contribution < -0.4 is 10.4 Å². The number of aliphatic hydroxyl groups excluding tert-OH is 1. The van der Waals surface area contributed by atoms with Crippen LogP contribution in [-0.2, 0) is 9.47 Å². The topological polar surface area (TPSA) is 97.3 Å². The lowest BCUT2D eigenvalue weighted by molar-refractivity contribution is -0.549. The molecule has 0 radical (unpaired) electrons. The fraction of sp³-hybridized carbons (Fsp3) is 0.786. The molecule has 2 aliphatic heterocycles. The molecule has 0 saturated carbocycles.